The number of fused-ring (bicyclic) bond motifs is 1. The second kappa shape index (κ2) is 7.97. The molecule has 0 aromatic heterocycles. The second-order valence-corrected chi connectivity index (χ2v) is 7.01. The van der Waals surface area contributed by atoms with Crippen molar-refractivity contribution < 1.29 is 9.53 Å². The molecule has 1 aromatic rings. The van der Waals surface area contributed by atoms with Gasteiger partial charge in [-0.1, -0.05) is 43.5 Å². The zero-order valence-electron chi connectivity index (χ0n) is 14.3. The van der Waals surface area contributed by atoms with E-state index in [2.05, 4.69) is 17.4 Å². The highest BCUT2D eigenvalue weighted by atomic mass is 32.1. The van der Waals surface area contributed by atoms with E-state index < -0.39 is 0 Å². The van der Waals surface area contributed by atoms with Crippen LogP contribution in [0.3, 0.4) is 0 Å². The van der Waals surface area contributed by atoms with Crippen LogP contribution >= 0.6 is 12.2 Å². The molecule has 1 fully saturated rings. The highest BCUT2D eigenvalue weighted by Crippen LogP contribution is 2.25. The Morgan fingerprint density at radius 2 is 1.96 bits per heavy atom. The summed E-state index contributed by atoms with van der Waals surface area (Å²) in [7, 11) is 0. The van der Waals surface area contributed by atoms with Crippen LogP contribution in [0.25, 0.3) is 0 Å². The zero-order valence-corrected chi connectivity index (χ0v) is 15.1. The molecule has 1 N–H and O–H groups in total. The molecule has 1 unspecified atom stereocenters. The van der Waals surface area contributed by atoms with Crippen molar-refractivity contribution in [3.8, 4) is 0 Å². The fourth-order valence-electron chi connectivity index (χ4n) is 3.70. The number of hydrogen-bond acceptors (Lipinski definition) is 3. The molecule has 4 nitrogen and oxygen atoms in total. The molecular formula is C19H26N2O2S. The molecule has 1 saturated carbocycles. The van der Waals surface area contributed by atoms with Crippen LogP contribution in [-0.4, -0.2) is 34.7 Å². The fraction of sp³-hybridized carbons (Fsp3) is 0.579. The van der Waals surface area contributed by atoms with E-state index in [-0.39, 0.29) is 11.9 Å². The van der Waals surface area contributed by atoms with Crippen LogP contribution in [-0.2, 0) is 22.5 Å². The van der Waals surface area contributed by atoms with Crippen LogP contribution in [0, 0.1) is 0 Å². The van der Waals surface area contributed by atoms with Crippen LogP contribution in [0.4, 0.5) is 0 Å². The van der Waals surface area contributed by atoms with Gasteiger partial charge in [-0.3, -0.25) is 4.79 Å². The average molecular weight is 346 g/mol. The molecule has 1 aliphatic carbocycles. The topological polar surface area (TPSA) is 41.6 Å². The van der Waals surface area contributed by atoms with Gasteiger partial charge in [0, 0.05) is 19.0 Å². The van der Waals surface area contributed by atoms with E-state index in [1.54, 1.807) is 0 Å². The molecule has 1 aromatic carbocycles. The molecule has 1 amide bonds. The first-order valence-corrected chi connectivity index (χ1v) is 9.40. The van der Waals surface area contributed by atoms with Gasteiger partial charge in [0.05, 0.1) is 6.61 Å². The first-order chi connectivity index (χ1) is 11.7. The minimum absolute atomic E-state index is 0.0819. The molecule has 5 heteroatoms. The van der Waals surface area contributed by atoms with E-state index >= 15 is 0 Å². The van der Waals surface area contributed by atoms with Crippen molar-refractivity contribution in [2.45, 2.75) is 64.1 Å². The van der Waals surface area contributed by atoms with E-state index in [9.17, 15) is 4.79 Å². The predicted molar refractivity (Wildman–Crippen MR) is 98.7 cm³/mol. The summed E-state index contributed by atoms with van der Waals surface area (Å²) in [5.74, 6) is 0.0819. The Kier molecular flexibility index (Phi) is 5.72. The van der Waals surface area contributed by atoms with Crippen LogP contribution in [0.1, 0.15) is 50.2 Å². The summed E-state index contributed by atoms with van der Waals surface area (Å²) < 4.78 is 5.54. The molecule has 3 rings (SSSR count). The Morgan fingerprint density at radius 1 is 1.25 bits per heavy atom. The predicted octanol–water partition coefficient (Wildman–Crippen LogP) is 3.18. The fourth-order valence-corrected chi connectivity index (χ4v) is 4.01. The van der Waals surface area contributed by atoms with Gasteiger partial charge in [-0.15, -0.1) is 0 Å². The summed E-state index contributed by atoms with van der Waals surface area (Å²) in [5.41, 5.74) is 2.46. The summed E-state index contributed by atoms with van der Waals surface area (Å²) in [6.07, 6.45) is 6.56. The van der Waals surface area contributed by atoms with Crippen molar-refractivity contribution in [2.75, 3.05) is 6.61 Å². The highest BCUT2D eigenvalue weighted by Gasteiger charge is 2.34. The van der Waals surface area contributed by atoms with E-state index in [0.717, 1.165) is 12.8 Å². The maximum absolute atomic E-state index is 12.9. The maximum atomic E-state index is 12.9. The maximum Gasteiger partial charge on any atom is 0.260 e. The molecule has 2 aliphatic rings. The molecule has 0 saturated heterocycles. The van der Waals surface area contributed by atoms with Gasteiger partial charge in [-0.05, 0) is 43.1 Å². The Hall–Kier alpha value is -1.62. The van der Waals surface area contributed by atoms with Crippen LogP contribution in [0.5, 0.6) is 0 Å². The number of amides is 1. The van der Waals surface area contributed by atoms with Crippen LogP contribution < -0.4 is 5.32 Å². The van der Waals surface area contributed by atoms with Gasteiger partial charge in [-0.2, -0.15) is 0 Å². The van der Waals surface area contributed by atoms with Crippen molar-refractivity contribution in [2.24, 2.45) is 0 Å². The molecule has 1 heterocycles. The third kappa shape index (κ3) is 3.89. The van der Waals surface area contributed by atoms with Crippen LogP contribution in [0.15, 0.2) is 24.3 Å². The molecule has 24 heavy (non-hydrogen) atoms. The Balaban J connectivity index is 1.76. The summed E-state index contributed by atoms with van der Waals surface area (Å²) >= 11 is 5.43. The number of carbonyl (C=O) groups excluding carboxylic acids is 1. The van der Waals surface area contributed by atoms with E-state index in [1.807, 2.05) is 24.0 Å². The monoisotopic (exact) mass is 346 g/mol. The average Bonchev–Trinajstić information content (AvgIpc) is 2.61. The lowest BCUT2D eigenvalue weighted by Crippen LogP contribution is -2.54. The number of thiocarbonyl (C=S) groups is 1. The number of ether oxygens (including phenoxy) is 1. The molecule has 0 spiro atoms. The number of carbonyl (C=O) groups is 1. The van der Waals surface area contributed by atoms with Gasteiger partial charge in [-0.25, -0.2) is 0 Å². The van der Waals surface area contributed by atoms with Crippen LogP contribution in [0.2, 0.25) is 0 Å². The van der Waals surface area contributed by atoms with Gasteiger partial charge >= 0.3 is 0 Å². The zero-order chi connectivity index (χ0) is 16.9. The summed E-state index contributed by atoms with van der Waals surface area (Å²) in [6.45, 7) is 3.08. The molecule has 0 radical (unpaired) electrons. The second-order valence-electron chi connectivity index (χ2n) is 6.66. The Bertz CT molecular complexity index is 599. The van der Waals surface area contributed by atoms with Crippen molar-refractivity contribution in [1.29, 1.82) is 0 Å². The minimum atomic E-state index is -0.277. The molecule has 1 atom stereocenters. The smallest absolute Gasteiger partial charge is 0.260 e. The van der Waals surface area contributed by atoms with E-state index in [4.69, 9.17) is 17.0 Å². The number of rotatable bonds is 3. The normalized spacial score (nSPS) is 21.0. The summed E-state index contributed by atoms with van der Waals surface area (Å²) in [4.78, 5) is 14.9. The third-order valence-electron chi connectivity index (χ3n) is 5.01. The number of nitrogens with zero attached hydrogens (tertiary/aromatic N) is 1. The molecule has 0 bridgehead atoms. The number of hydrogen-bond donors (Lipinski definition) is 1. The lowest BCUT2D eigenvalue weighted by atomic mass is 9.92. The van der Waals surface area contributed by atoms with E-state index in [0.29, 0.717) is 30.8 Å². The Labute approximate surface area is 149 Å². The van der Waals surface area contributed by atoms with Crippen molar-refractivity contribution in [3.05, 3.63) is 35.4 Å². The number of benzene rings is 1. The summed E-state index contributed by atoms with van der Waals surface area (Å²) in [5, 5.41) is 3.68. The largest absolute Gasteiger partial charge is 0.471 e. The van der Waals surface area contributed by atoms with Gasteiger partial charge in [0.15, 0.2) is 0 Å². The first-order valence-electron chi connectivity index (χ1n) is 8.99. The summed E-state index contributed by atoms with van der Waals surface area (Å²) in [6, 6.07) is 8.31. The molecular weight excluding hydrogens is 320 g/mol. The molecule has 130 valence electrons. The van der Waals surface area contributed by atoms with Crippen molar-refractivity contribution >= 4 is 23.3 Å². The SMILES string of the molecule is CCOC(=S)N1Cc2ccccc2CC1C(=O)NC1CCCCC1. The van der Waals surface area contributed by atoms with Gasteiger partial charge in [0.25, 0.3) is 5.17 Å². The third-order valence-corrected chi connectivity index (χ3v) is 5.36. The lowest BCUT2D eigenvalue weighted by Gasteiger charge is -2.37. The lowest BCUT2D eigenvalue weighted by molar-refractivity contribution is -0.126. The van der Waals surface area contributed by atoms with Gasteiger partial charge in [0.2, 0.25) is 5.91 Å². The van der Waals surface area contributed by atoms with Gasteiger partial charge < -0.3 is 15.0 Å². The Morgan fingerprint density at radius 3 is 2.67 bits per heavy atom. The standard InChI is InChI=1S/C19H26N2O2S/c1-2-23-19(24)21-13-15-9-7-6-8-14(15)12-17(21)18(22)20-16-10-4-3-5-11-16/h6-9,16-17H,2-5,10-13H2,1H3,(H,20,22). The minimum Gasteiger partial charge on any atom is -0.471 e. The quantitative estimate of drug-likeness (QED) is 0.854. The highest BCUT2D eigenvalue weighted by molar-refractivity contribution is 7.80. The number of nitrogens with one attached hydrogen (secondary N) is 1. The van der Waals surface area contributed by atoms with Gasteiger partial charge in [0.1, 0.15) is 6.04 Å². The van der Waals surface area contributed by atoms with Crippen molar-refractivity contribution in [1.82, 2.24) is 10.2 Å². The van der Waals surface area contributed by atoms with E-state index in [1.165, 1.54) is 30.4 Å². The first kappa shape index (κ1) is 17.2. The molecule has 1 aliphatic heterocycles. The van der Waals surface area contributed by atoms with Crippen molar-refractivity contribution in [3.63, 3.8) is 0 Å².